The van der Waals surface area contributed by atoms with Gasteiger partial charge in [0, 0.05) is 37.4 Å². The van der Waals surface area contributed by atoms with Crippen molar-refractivity contribution in [3.8, 4) is 0 Å². The van der Waals surface area contributed by atoms with Crippen molar-refractivity contribution in [3.63, 3.8) is 0 Å². The van der Waals surface area contributed by atoms with E-state index in [1.807, 2.05) is 12.1 Å². The van der Waals surface area contributed by atoms with Gasteiger partial charge >= 0.3 is 6.18 Å². The zero-order valence-electron chi connectivity index (χ0n) is 21.8. The van der Waals surface area contributed by atoms with Crippen LogP contribution in [0.4, 0.5) is 18.9 Å². The van der Waals surface area contributed by atoms with Crippen LogP contribution in [-0.4, -0.2) is 54.0 Å². The smallest absolute Gasteiger partial charge is 0.371 e. The number of hydrogen-bond acceptors (Lipinski definition) is 5. The van der Waals surface area contributed by atoms with Crippen LogP contribution in [0, 0.1) is 0 Å². The van der Waals surface area contributed by atoms with Crippen LogP contribution in [0.1, 0.15) is 46.6 Å². The minimum atomic E-state index is -4.55. The van der Waals surface area contributed by atoms with Crippen LogP contribution in [0.25, 0.3) is 0 Å². The minimum absolute atomic E-state index is 0.0426. The number of alkyl halides is 3. The Hall–Kier alpha value is -3.46. The molecule has 0 aliphatic carbocycles. The highest BCUT2D eigenvalue weighted by atomic mass is 19.4. The third kappa shape index (κ3) is 7.10. The molecule has 202 valence electrons. The molecule has 0 bridgehead atoms. The van der Waals surface area contributed by atoms with Gasteiger partial charge < -0.3 is 15.5 Å². The number of anilines is 1. The van der Waals surface area contributed by atoms with Crippen LogP contribution in [0.2, 0.25) is 0 Å². The molecule has 1 aromatic heterocycles. The van der Waals surface area contributed by atoms with E-state index in [9.17, 15) is 18.0 Å². The molecule has 0 atom stereocenters. The zero-order chi connectivity index (χ0) is 27.3. The Balaban J connectivity index is 1.47. The van der Waals surface area contributed by atoms with E-state index in [1.165, 1.54) is 0 Å². The van der Waals surface area contributed by atoms with Crippen LogP contribution >= 0.6 is 0 Å². The molecule has 2 N–H and O–H groups in total. The first-order chi connectivity index (χ1) is 18.1. The zero-order valence-corrected chi connectivity index (χ0v) is 21.8. The number of carbonyl (C=O) groups excluding carboxylic acids is 1. The van der Waals surface area contributed by atoms with Crippen LogP contribution in [0.5, 0.6) is 0 Å². The van der Waals surface area contributed by atoms with Gasteiger partial charge in [0.1, 0.15) is 5.82 Å². The van der Waals surface area contributed by atoms with Gasteiger partial charge in [-0.25, -0.2) is 9.97 Å². The molecule has 1 saturated heterocycles. The molecule has 2 heterocycles. The fourth-order valence-electron chi connectivity index (χ4n) is 5.03. The number of rotatable bonds is 9. The lowest BCUT2D eigenvalue weighted by Gasteiger charge is -2.36. The number of aryl methyl sites for hydroxylation is 2. The Labute approximate surface area is 221 Å². The van der Waals surface area contributed by atoms with E-state index in [1.54, 1.807) is 24.3 Å². The second kappa shape index (κ2) is 11.9. The lowest BCUT2D eigenvalue weighted by atomic mass is 9.98. The summed E-state index contributed by atoms with van der Waals surface area (Å²) in [6.45, 7) is 1.99. The Morgan fingerprint density at radius 1 is 1.03 bits per heavy atom. The van der Waals surface area contributed by atoms with E-state index in [0.717, 1.165) is 48.9 Å². The molecule has 1 aliphatic heterocycles. The Morgan fingerprint density at radius 2 is 1.68 bits per heavy atom. The minimum Gasteiger partial charge on any atom is -0.371 e. The van der Waals surface area contributed by atoms with E-state index in [0.29, 0.717) is 30.3 Å². The van der Waals surface area contributed by atoms with Gasteiger partial charge in [-0.15, -0.1) is 0 Å². The number of primary amides is 1. The summed E-state index contributed by atoms with van der Waals surface area (Å²) in [5, 5.41) is 0. The average molecular weight is 526 g/mol. The van der Waals surface area contributed by atoms with Gasteiger partial charge in [-0.1, -0.05) is 36.4 Å². The maximum absolute atomic E-state index is 13.7. The summed E-state index contributed by atoms with van der Waals surface area (Å²) in [6, 6.07) is 15.9. The molecule has 3 aromatic rings. The van der Waals surface area contributed by atoms with Crippen molar-refractivity contribution in [3.05, 3.63) is 88.5 Å². The molecule has 4 rings (SSSR count). The molecule has 6 nitrogen and oxygen atoms in total. The first-order valence-electron chi connectivity index (χ1n) is 12.9. The lowest BCUT2D eigenvalue weighted by Crippen LogP contribution is -2.41. The quantitative estimate of drug-likeness (QED) is 0.448. The normalized spacial score (nSPS) is 14.7. The van der Waals surface area contributed by atoms with Crippen LogP contribution in [-0.2, 0) is 36.7 Å². The highest BCUT2D eigenvalue weighted by molar-refractivity contribution is 5.77. The van der Waals surface area contributed by atoms with Gasteiger partial charge in [0.2, 0.25) is 5.91 Å². The highest BCUT2D eigenvalue weighted by Gasteiger charge is 2.34. The standard InChI is InChI=1S/C29H34F3N5O/c1-36(2)23-13-15-37(16-14-23)24-10-7-20(8-11-24)17-28-34-19-25(29(30,31)32)26(35-28)12-9-21-5-3-4-6-22(21)18-27(33)38/h3-8,10-11,19,23H,9,12-18H2,1-2H3,(H2,33,38). The lowest BCUT2D eigenvalue weighted by molar-refractivity contribution is -0.138. The summed E-state index contributed by atoms with van der Waals surface area (Å²) in [7, 11) is 4.24. The first-order valence-corrected chi connectivity index (χ1v) is 12.9. The largest absolute Gasteiger partial charge is 0.419 e. The molecule has 38 heavy (non-hydrogen) atoms. The van der Waals surface area contributed by atoms with Gasteiger partial charge in [0.05, 0.1) is 17.7 Å². The maximum Gasteiger partial charge on any atom is 0.419 e. The predicted octanol–water partition coefficient (Wildman–Crippen LogP) is 4.43. The van der Waals surface area contributed by atoms with Gasteiger partial charge in [-0.3, -0.25) is 4.79 Å². The molecule has 1 fully saturated rings. The third-order valence-corrected chi connectivity index (χ3v) is 7.20. The van der Waals surface area contributed by atoms with E-state index in [2.05, 4.69) is 46.0 Å². The predicted molar refractivity (Wildman–Crippen MR) is 142 cm³/mol. The second-order valence-electron chi connectivity index (χ2n) is 10.1. The number of carbonyl (C=O) groups is 1. The van der Waals surface area contributed by atoms with Crippen molar-refractivity contribution in [2.75, 3.05) is 32.1 Å². The summed E-state index contributed by atoms with van der Waals surface area (Å²) in [5.41, 5.74) is 8.04. The number of aromatic nitrogens is 2. The van der Waals surface area contributed by atoms with Crippen molar-refractivity contribution < 1.29 is 18.0 Å². The maximum atomic E-state index is 13.7. The van der Waals surface area contributed by atoms with Crippen molar-refractivity contribution in [1.82, 2.24) is 14.9 Å². The molecule has 1 amide bonds. The van der Waals surface area contributed by atoms with Gasteiger partial charge in [0.25, 0.3) is 0 Å². The first kappa shape index (κ1) is 27.6. The summed E-state index contributed by atoms with van der Waals surface area (Å²) < 4.78 is 41.2. The van der Waals surface area contributed by atoms with Crippen molar-refractivity contribution >= 4 is 11.6 Å². The van der Waals surface area contributed by atoms with Gasteiger partial charge in [0.15, 0.2) is 0 Å². The molecule has 0 saturated carbocycles. The van der Waals surface area contributed by atoms with Crippen LogP contribution in [0.3, 0.4) is 0 Å². The third-order valence-electron chi connectivity index (χ3n) is 7.20. The molecule has 0 radical (unpaired) electrons. The second-order valence-corrected chi connectivity index (χ2v) is 10.1. The highest BCUT2D eigenvalue weighted by Crippen LogP contribution is 2.32. The summed E-state index contributed by atoms with van der Waals surface area (Å²) in [5.74, 6) is -0.139. The average Bonchev–Trinajstić information content (AvgIpc) is 2.88. The number of piperidine rings is 1. The Morgan fingerprint density at radius 3 is 2.29 bits per heavy atom. The molecule has 0 unspecified atom stereocenters. The van der Waals surface area contributed by atoms with E-state index < -0.39 is 17.6 Å². The van der Waals surface area contributed by atoms with E-state index >= 15 is 0 Å². The van der Waals surface area contributed by atoms with Crippen LogP contribution < -0.4 is 10.6 Å². The number of hydrogen-bond donors (Lipinski definition) is 1. The SMILES string of the molecule is CN(C)C1CCN(c2ccc(Cc3ncc(C(F)(F)F)c(CCc4ccccc4CC(N)=O)n3)cc2)CC1. The summed E-state index contributed by atoms with van der Waals surface area (Å²) in [4.78, 5) is 24.4. The molecule has 2 aromatic carbocycles. The molecular weight excluding hydrogens is 491 g/mol. The number of halogens is 3. The molecule has 9 heteroatoms. The van der Waals surface area contributed by atoms with E-state index in [-0.39, 0.29) is 18.5 Å². The summed E-state index contributed by atoms with van der Waals surface area (Å²) >= 11 is 0. The fourth-order valence-corrected chi connectivity index (χ4v) is 5.03. The molecule has 1 aliphatic rings. The number of benzene rings is 2. The Kier molecular flexibility index (Phi) is 8.66. The molecule has 0 spiro atoms. The van der Waals surface area contributed by atoms with Gasteiger partial charge in [-0.2, -0.15) is 13.2 Å². The Bertz CT molecular complexity index is 1240. The van der Waals surface area contributed by atoms with Gasteiger partial charge in [-0.05, 0) is 68.6 Å². The summed E-state index contributed by atoms with van der Waals surface area (Å²) in [6.07, 6.45) is -0.677. The number of nitrogens with two attached hydrogens (primary N) is 1. The van der Waals surface area contributed by atoms with Crippen molar-refractivity contribution in [2.24, 2.45) is 5.73 Å². The fraction of sp³-hybridized carbons (Fsp3) is 0.414. The topological polar surface area (TPSA) is 75.3 Å². The number of nitrogens with zero attached hydrogens (tertiary/aromatic N) is 4. The van der Waals surface area contributed by atoms with Crippen molar-refractivity contribution in [2.45, 2.75) is 50.7 Å². The molecular formula is C29H34F3N5O. The van der Waals surface area contributed by atoms with E-state index in [4.69, 9.17) is 5.73 Å². The monoisotopic (exact) mass is 525 g/mol. The van der Waals surface area contributed by atoms with Crippen molar-refractivity contribution in [1.29, 1.82) is 0 Å². The number of amides is 1. The van der Waals surface area contributed by atoms with Crippen LogP contribution in [0.15, 0.2) is 54.7 Å².